The van der Waals surface area contributed by atoms with Crippen molar-refractivity contribution in [2.75, 3.05) is 0 Å². The van der Waals surface area contributed by atoms with Gasteiger partial charge in [0.2, 0.25) is 0 Å². The normalized spacial score (nSPS) is 22.4. The Morgan fingerprint density at radius 2 is 1.74 bits per heavy atom. The van der Waals surface area contributed by atoms with Crippen molar-refractivity contribution in [2.24, 2.45) is 5.92 Å². The van der Waals surface area contributed by atoms with Gasteiger partial charge in [-0.25, -0.2) is 9.59 Å². The maximum absolute atomic E-state index is 12.0. The van der Waals surface area contributed by atoms with E-state index in [1.165, 1.54) is 0 Å². The fraction of sp³-hybridized carbons (Fsp3) is 0.273. The lowest BCUT2D eigenvalue weighted by atomic mass is 9.82. The van der Waals surface area contributed by atoms with Crippen LogP contribution in [0.3, 0.4) is 0 Å². The molecule has 4 nitrogen and oxygen atoms in total. The summed E-state index contributed by atoms with van der Waals surface area (Å²) < 4.78 is 11.4. The quantitative estimate of drug-likeness (QED) is 0.409. The van der Waals surface area contributed by atoms with Crippen LogP contribution in [0.1, 0.15) is 42.7 Å². The molecule has 138 valence electrons. The minimum absolute atomic E-state index is 0.245. The SMILES string of the molecule is C=CC(=O)Oc1c2c(c(OC(=O)C=C)c3c(Cl)cccc13)C1CC(C)C2C1. The molecule has 2 aliphatic carbocycles. The molecule has 0 heterocycles. The van der Waals surface area contributed by atoms with Gasteiger partial charge in [0.1, 0.15) is 11.5 Å². The third-order valence-corrected chi connectivity index (χ3v) is 5.98. The molecular weight excluding hydrogens is 364 g/mol. The van der Waals surface area contributed by atoms with Crippen molar-refractivity contribution in [3.05, 3.63) is 59.7 Å². The number of esters is 2. The van der Waals surface area contributed by atoms with Gasteiger partial charge >= 0.3 is 11.9 Å². The largest absolute Gasteiger partial charge is 0.422 e. The van der Waals surface area contributed by atoms with Crippen molar-refractivity contribution in [3.8, 4) is 11.5 Å². The first-order valence-electron chi connectivity index (χ1n) is 8.92. The number of carbonyl (C=O) groups is 2. The van der Waals surface area contributed by atoms with Crippen LogP contribution in [0.2, 0.25) is 5.02 Å². The third kappa shape index (κ3) is 2.67. The van der Waals surface area contributed by atoms with Crippen LogP contribution < -0.4 is 9.47 Å². The first-order valence-corrected chi connectivity index (χ1v) is 9.30. The minimum atomic E-state index is -0.537. The molecule has 3 unspecified atom stereocenters. The average Bonchev–Trinajstić information content (AvgIpc) is 3.21. The van der Waals surface area contributed by atoms with E-state index in [9.17, 15) is 9.59 Å². The van der Waals surface area contributed by atoms with E-state index in [2.05, 4.69) is 20.1 Å². The fourth-order valence-electron chi connectivity index (χ4n) is 4.63. The van der Waals surface area contributed by atoms with Gasteiger partial charge in [-0.1, -0.05) is 43.8 Å². The standard InChI is InChI=1S/C22H19ClO4/c1-4-16(24)26-21-13-7-6-8-15(23)19(13)22(27-17(25)5-2)18-12-9-11(3)14(10-12)20(18)21/h4-8,11-12,14H,1-2,9-10H2,3H3. The summed E-state index contributed by atoms with van der Waals surface area (Å²) in [4.78, 5) is 24.1. The maximum atomic E-state index is 12.0. The molecule has 1 saturated carbocycles. The Hall–Kier alpha value is -2.59. The highest BCUT2D eigenvalue weighted by molar-refractivity contribution is 6.36. The second-order valence-corrected chi connectivity index (χ2v) is 7.56. The predicted molar refractivity (Wildman–Crippen MR) is 105 cm³/mol. The average molecular weight is 383 g/mol. The molecule has 0 aromatic heterocycles. The van der Waals surface area contributed by atoms with Crippen LogP contribution in [-0.4, -0.2) is 11.9 Å². The summed E-state index contributed by atoms with van der Waals surface area (Å²) in [6.07, 6.45) is 4.23. The second-order valence-electron chi connectivity index (χ2n) is 7.15. The number of carbonyl (C=O) groups excluding carboxylic acids is 2. The predicted octanol–water partition coefficient (Wildman–Crippen LogP) is 5.29. The molecule has 0 saturated heterocycles. The Morgan fingerprint density at radius 3 is 2.41 bits per heavy atom. The number of fused-ring (bicyclic) bond motifs is 6. The van der Waals surface area contributed by atoms with Crippen LogP contribution in [0, 0.1) is 5.92 Å². The van der Waals surface area contributed by atoms with E-state index in [0.29, 0.717) is 33.2 Å². The van der Waals surface area contributed by atoms with Gasteiger partial charge in [-0.2, -0.15) is 0 Å². The van der Waals surface area contributed by atoms with Gasteiger partial charge in [-0.15, -0.1) is 0 Å². The van der Waals surface area contributed by atoms with Gasteiger partial charge in [0.15, 0.2) is 0 Å². The van der Waals surface area contributed by atoms with Crippen LogP contribution >= 0.6 is 11.6 Å². The molecule has 0 aliphatic heterocycles. The monoisotopic (exact) mass is 382 g/mol. The summed E-state index contributed by atoms with van der Waals surface area (Å²) in [5, 5.41) is 1.68. The van der Waals surface area contributed by atoms with E-state index >= 15 is 0 Å². The highest BCUT2D eigenvalue weighted by atomic mass is 35.5. The van der Waals surface area contributed by atoms with E-state index in [1.807, 2.05) is 6.07 Å². The number of hydrogen-bond acceptors (Lipinski definition) is 4. The van der Waals surface area contributed by atoms with Crippen LogP contribution in [0.25, 0.3) is 10.8 Å². The molecule has 0 amide bonds. The molecule has 1 fully saturated rings. The molecule has 3 atom stereocenters. The molecule has 0 radical (unpaired) electrons. The summed E-state index contributed by atoms with van der Waals surface area (Å²) in [6.45, 7) is 9.19. The molecule has 2 aromatic carbocycles. The van der Waals surface area contributed by atoms with Crippen molar-refractivity contribution in [2.45, 2.75) is 31.6 Å². The fourth-order valence-corrected chi connectivity index (χ4v) is 4.89. The summed E-state index contributed by atoms with van der Waals surface area (Å²) in [5.74, 6) is 0.868. The zero-order valence-electron chi connectivity index (χ0n) is 15.0. The number of ether oxygens (including phenoxy) is 2. The van der Waals surface area contributed by atoms with Crippen LogP contribution in [0.5, 0.6) is 11.5 Å². The van der Waals surface area contributed by atoms with Gasteiger partial charge in [0, 0.05) is 34.1 Å². The lowest BCUT2D eigenvalue weighted by Gasteiger charge is -2.27. The highest BCUT2D eigenvalue weighted by Crippen LogP contribution is 2.63. The van der Waals surface area contributed by atoms with Gasteiger partial charge in [-0.05, 0) is 36.7 Å². The third-order valence-electron chi connectivity index (χ3n) is 5.66. The molecule has 0 N–H and O–H groups in total. The van der Waals surface area contributed by atoms with E-state index in [4.69, 9.17) is 21.1 Å². The van der Waals surface area contributed by atoms with E-state index in [0.717, 1.165) is 36.1 Å². The van der Waals surface area contributed by atoms with Crippen molar-refractivity contribution < 1.29 is 19.1 Å². The molecule has 27 heavy (non-hydrogen) atoms. The summed E-state index contributed by atoms with van der Waals surface area (Å²) in [6, 6.07) is 5.35. The van der Waals surface area contributed by atoms with E-state index in [1.54, 1.807) is 12.1 Å². The van der Waals surface area contributed by atoms with Gasteiger partial charge in [0.05, 0.1) is 5.02 Å². The Labute approximate surface area is 162 Å². The maximum Gasteiger partial charge on any atom is 0.335 e. The molecule has 2 bridgehead atoms. The molecule has 5 heteroatoms. The molecule has 0 spiro atoms. The lowest BCUT2D eigenvalue weighted by molar-refractivity contribution is -0.130. The van der Waals surface area contributed by atoms with Crippen molar-refractivity contribution in [3.63, 3.8) is 0 Å². The molecular formula is C22H19ClO4. The molecule has 2 aromatic rings. The zero-order chi connectivity index (χ0) is 19.3. The summed E-state index contributed by atoms with van der Waals surface area (Å²) in [5.41, 5.74) is 1.89. The van der Waals surface area contributed by atoms with Crippen molar-refractivity contribution >= 4 is 34.3 Å². The van der Waals surface area contributed by atoms with Crippen LogP contribution in [0.15, 0.2) is 43.5 Å². The topological polar surface area (TPSA) is 52.6 Å². The van der Waals surface area contributed by atoms with Gasteiger partial charge in [-0.3, -0.25) is 0 Å². The van der Waals surface area contributed by atoms with Crippen molar-refractivity contribution in [1.29, 1.82) is 0 Å². The Kier molecular flexibility index (Phi) is 4.31. The number of benzene rings is 2. The number of rotatable bonds is 4. The highest BCUT2D eigenvalue weighted by Gasteiger charge is 2.47. The number of halogens is 1. The summed E-state index contributed by atoms with van der Waals surface area (Å²) >= 11 is 6.49. The Bertz CT molecular complexity index is 1010. The van der Waals surface area contributed by atoms with Crippen LogP contribution in [0.4, 0.5) is 0 Å². The van der Waals surface area contributed by atoms with E-state index in [-0.39, 0.29) is 11.8 Å². The minimum Gasteiger partial charge on any atom is -0.422 e. The Morgan fingerprint density at radius 1 is 1.07 bits per heavy atom. The molecule has 4 rings (SSSR count). The number of hydrogen-bond donors (Lipinski definition) is 0. The summed E-state index contributed by atoms with van der Waals surface area (Å²) in [7, 11) is 0. The Balaban J connectivity index is 2.09. The molecule has 2 aliphatic rings. The van der Waals surface area contributed by atoms with Gasteiger partial charge in [0.25, 0.3) is 0 Å². The first kappa shape index (κ1) is 17.8. The lowest BCUT2D eigenvalue weighted by Crippen LogP contribution is -2.15. The second kappa shape index (κ2) is 6.54. The smallest absolute Gasteiger partial charge is 0.335 e. The van der Waals surface area contributed by atoms with Gasteiger partial charge < -0.3 is 9.47 Å². The van der Waals surface area contributed by atoms with Crippen molar-refractivity contribution in [1.82, 2.24) is 0 Å². The zero-order valence-corrected chi connectivity index (χ0v) is 15.7. The van der Waals surface area contributed by atoms with E-state index < -0.39 is 11.9 Å². The first-order chi connectivity index (χ1) is 13.0. The van der Waals surface area contributed by atoms with Crippen LogP contribution in [-0.2, 0) is 9.59 Å².